The average Bonchev–Trinajstić information content (AvgIpc) is 3.08. The molecule has 0 fully saturated rings. The highest BCUT2D eigenvalue weighted by molar-refractivity contribution is 5.40. The van der Waals surface area contributed by atoms with Crippen LogP contribution in [0.5, 0.6) is 0 Å². The highest BCUT2D eigenvalue weighted by atomic mass is 16.5. The molecule has 24 heavy (non-hydrogen) atoms. The van der Waals surface area contributed by atoms with E-state index in [1.807, 2.05) is 49.4 Å². The standard InChI is InChI=1S/C18H21N5O/c1-3-24-17(15-7-5-4-6-8-15)13-19-18-20-21-22-23(18)16-11-9-14(2)10-12-16/h4-12,17H,3,13H2,1-2H3,(H,19,20,22). The molecule has 2 aromatic carbocycles. The zero-order valence-electron chi connectivity index (χ0n) is 13.9. The van der Waals surface area contributed by atoms with Crippen LogP contribution in [-0.4, -0.2) is 33.4 Å². The molecule has 6 heteroatoms. The number of tetrazole rings is 1. The summed E-state index contributed by atoms with van der Waals surface area (Å²) in [7, 11) is 0. The van der Waals surface area contributed by atoms with Crippen LogP contribution in [-0.2, 0) is 4.74 Å². The predicted octanol–water partition coefficient (Wildman–Crippen LogP) is 3.16. The third-order valence-electron chi connectivity index (χ3n) is 3.73. The third kappa shape index (κ3) is 3.78. The van der Waals surface area contributed by atoms with Crippen molar-refractivity contribution < 1.29 is 4.74 Å². The second-order valence-electron chi connectivity index (χ2n) is 5.49. The van der Waals surface area contributed by atoms with Crippen LogP contribution in [0.2, 0.25) is 0 Å². The summed E-state index contributed by atoms with van der Waals surface area (Å²) in [6.45, 7) is 5.27. The third-order valence-corrected chi connectivity index (χ3v) is 3.73. The highest BCUT2D eigenvalue weighted by Crippen LogP contribution is 2.19. The Labute approximate surface area is 141 Å². The maximum atomic E-state index is 5.85. The molecule has 0 bridgehead atoms. The van der Waals surface area contributed by atoms with Gasteiger partial charge in [0.25, 0.3) is 0 Å². The maximum Gasteiger partial charge on any atom is 0.247 e. The molecule has 1 unspecified atom stereocenters. The Morgan fingerprint density at radius 2 is 1.83 bits per heavy atom. The number of aryl methyl sites for hydroxylation is 1. The number of rotatable bonds is 7. The first-order chi connectivity index (χ1) is 11.8. The highest BCUT2D eigenvalue weighted by Gasteiger charge is 2.14. The zero-order chi connectivity index (χ0) is 16.8. The first-order valence-corrected chi connectivity index (χ1v) is 8.03. The molecule has 0 saturated carbocycles. The Balaban J connectivity index is 1.74. The van der Waals surface area contributed by atoms with E-state index in [0.717, 1.165) is 11.3 Å². The number of nitrogens with one attached hydrogen (secondary N) is 1. The summed E-state index contributed by atoms with van der Waals surface area (Å²) < 4.78 is 7.54. The van der Waals surface area contributed by atoms with Gasteiger partial charge in [-0.2, -0.15) is 4.68 Å². The van der Waals surface area contributed by atoms with Gasteiger partial charge in [0.15, 0.2) is 0 Å². The van der Waals surface area contributed by atoms with Crippen LogP contribution in [0.25, 0.3) is 5.69 Å². The lowest BCUT2D eigenvalue weighted by atomic mass is 10.1. The molecular weight excluding hydrogens is 302 g/mol. The van der Waals surface area contributed by atoms with Gasteiger partial charge >= 0.3 is 0 Å². The monoisotopic (exact) mass is 323 g/mol. The first-order valence-electron chi connectivity index (χ1n) is 8.03. The van der Waals surface area contributed by atoms with Gasteiger partial charge in [0, 0.05) is 13.2 Å². The molecule has 1 aromatic heterocycles. The largest absolute Gasteiger partial charge is 0.372 e. The Morgan fingerprint density at radius 1 is 1.08 bits per heavy atom. The second-order valence-corrected chi connectivity index (χ2v) is 5.49. The minimum Gasteiger partial charge on any atom is -0.372 e. The van der Waals surface area contributed by atoms with Crippen molar-refractivity contribution in [1.29, 1.82) is 0 Å². The summed E-state index contributed by atoms with van der Waals surface area (Å²) >= 11 is 0. The fourth-order valence-electron chi connectivity index (χ4n) is 2.48. The Kier molecular flexibility index (Phi) is 5.18. The molecule has 124 valence electrons. The summed E-state index contributed by atoms with van der Waals surface area (Å²) in [5.41, 5.74) is 3.24. The molecule has 1 N–H and O–H groups in total. The van der Waals surface area contributed by atoms with Crippen LogP contribution < -0.4 is 5.32 Å². The van der Waals surface area contributed by atoms with Gasteiger partial charge in [-0.05, 0) is 42.0 Å². The number of aromatic nitrogens is 4. The molecule has 1 atom stereocenters. The van der Waals surface area contributed by atoms with Crippen molar-refractivity contribution in [3.05, 3.63) is 65.7 Å². The maximum absolute atomic E-state index is 5.85. The predicted molar refractivity (Wildman–Crippen MR) is 93.2 cm³/mol. The van der Waals surface area contributed by atoms with Gasteiger partial charge in [0.05, 0.1) is 11.8 Å². The lowest BCUT2D eigenvalue weighted by molar-refractivity contribution is 0.0717. The minimum atomic E-state index is -0.0561. The van der Waals surface area contributed by atoms with Crippen molar-refractivity contribution in [1.82, 2.24) is 20.2 Å². The van der Waals surface area contributed by atoms with E-state index < -0.39 is 0 Å². The van der Waals surface area contributed by atoms with Gasteiger partial charge in [-0.3, -0.25) is 0 Å². The van der Waals surface area contributed by atoms with Crippen LogP contribution in [0.15, 0.2) is 54.6 Å². The zero-order valence-corrected chi connectivity index (χ0v) is 13.9. The molecule has 3 rings (SSSR count). The second kappa shape index (κ2) is 7.70. The van der Waals surface area contributed by atoms with Crippen molar-refractivity contribution in [2.75, 3.05) is 18.5 Å². The molecule has 0 saturated heterocycles. The number of hydrogen-bond acceptors (Lipinski definition) is 5. The van der Waals surface area contributed by atoms with Crippen LogP contribution in [0, 0.1) is 6.92 Å². The fourth-order valence-corrected chi connectivity index (χ4v) is 2.48. The Hall–Kier alpha value is -2.73. The summed E-state index contributed by atoms with van der Waals surface area (Å²) in [4.78, 5) is 0. The van der Waals surface area contributed by atoms with Crippen molar-refractivity contribution in [3.63, 3.8) is 0 Å². The smallest absolute Gasteiger partial charge is 0.247 e. The quantitative estimate of drug-likeness (QED) is 0.723. The number of benzene rings is 2. The van der Waals surface area contributed by atoms with E-state index in [2.05, 4.69) is 39.9 Å². The lowest BCUT2D eigenvalue weighted by Crippen LogP contribution is -2.18. The number of nitrogens with zero attached hydrogens (tertiary/aromatic N) is 4. The van der Waals surface area contributed by atoms with Gasteiger partial charge in [0.2, 0.25) is 5.95 Å². The number of hydrogen-bond donors (Lipinski definition) is 1. The van der Waals surface area contributed by atoms with Crippen LogP contribution in [0.1, 0.15) is 24.2 Å². The molecule has 0 radical (unpaired) electrons. The topological polar surface area (TPSA) is 64.9 Å². The average molecular weight is 323 g/mol. The van der Waals surface area contributed by atoms with E-state index in [4.69, 9.17) is 4.74 Å². The Bertz CT molecular complexity index is 755. The van der Waals surface area contributed by atoms with Crippen LogP contribution in [0.4, 0.5) is 5.95 Å². The summed E-state index contributed by atoms with van der Waals surface area (Å²) in [6, 6.07) is 18.2. The van der Waals surface area contributed by atoms with E-state index >= 15 is 0 Å². The first kappa shape index (κ1) is 16.1. The van der Waals surface area contributed by atoms with E-state index in [1.165, 1.54) is 5.56 Å². The molecule has 0 aliphatic heterocycles. The molecule has 1 heterocycles. The van der Waals surface area contributed by atoms with Crippen molar-refractivity contribution in [2.24, 2.45) is 0 Å². The molecule has 0 aliphatic carbocycles. The molecular formula is C18H21N5O. The van der Waals surface area contributed by atoms with E-state index in [0.29, 0.717) is 19.1 Å². The summed E-state index contributed by atoms with van der Waals surface area (Å²) in [6.07, 6.45) is -0.0561. The fraction of sp³-hybridized carbons (Fsp3) is 0.278. The van der Waals surface area contributed by atoms with Gasteiger partial charge in [-0.1, -0.05) is 53.1 Å². The van der Waals surface area contributed by atoms with Crippen molar-refractivity contribution in [2.45, 2.75) is 20.0 Å². The van der Waals surface area contributed by atoms with E-state index in [9.17, 15) is 0 Å². The molecule has 0 aliphatic rings. The van der Waals surface area contributed by atoms with Crippen LogP contribution in [0.3, 0.4) is 0 Å². The van der Waals surface area contributed by atoms with E-state index in [1.54, 1.807) is 4.68 Å². The molecule has 0 spiro atoms. The van der Waals surface area contributed by atoms with Crippen LogP contribution >= 0.6 is 0 Å². The number of ether oxygens (including phenoxy) is 1. The van der Waals surface area contributed by atoms with Gasteiger partial charge in [-0.25, -0.2) is 0 Å². The van der Waals surface area contributed by atoms with Gasteiger partial charge < -0.3 is 10.1 Å². The molecule has 3 aromatic rings. The van der Waals surface area contributed by atoms with Crippen molar-refractivity contribution in [3.8, 4) is 5.69 Å². The normalized spacial score (nSPS) is 12.1. The van der Waals surface area contributed by atoms with Gasteiger partial charge in [-0.15, -0.1) is 0 Å². The number of anilines is 1. The van der Waals surface area contributed by atoms with Crippen molar-refractivity contribution >= 4 is 5.95 Å². The summed E-state index contributed by atoms with van der Waals surface area (Å²) in [5, 5.41) is 15.2. The Morgan fingerprint density at radius 3 is 2.54 bits per heavy atom. The summed E-state index contributed by atoms with van der Waals surface area (Å²) in [5.74, 6) is 0.597. The van der Waals surface area contributed by atoms with E-state index in [-0.39, 0.29) is 6.10 Å². The SMILES string of the molecule is CCOC(CNc1nnnn1-c1ccc(C)cc1)c1ccccc1. The minimum absolute atomic E-state index is 0.0561. The molecule has 0 amide bonds. The van der Waals surface area contributed by atoms with Gasteiger partial charge in [0.1, 0.15) is 0 Å². The molecule has 6 nitrogen and oxygen atoms in total. The lowest BCUT2D eigenvalue weighted by Gasteiger charge is -2.18.